The van der Waals surface area contributed by atoms with Crippen LogP contribution in [-0.4, -0.2) is 40.2 Å². The highest BCUT2D eigenvalue weighted by molar-refractivity contribution is 6.31. The van der Waals surface area contributed by atoms with E-state index in [4.69, 9.17) is 20.8 Å². The van der Waals surface area contributed by atoms with Crippen molar-refractivity contribution in [3.05, 3.63) is 76.0 Å². The largest absolute Gasteiger partial charge is 0.467 e. The summed E-state index contributed by atoms with van der Waals surface area (Å²) in [5, 5.41) is 5.06. The molecule has 0 spiro atoms. The summed E-state index contributed by atoms with van der Waals surface area (Å²) in [7, 11) is 1.62. The van der Waals surface area contributed by atoms with Crippen molar-refractivity contribution in [3.8, 4) is 0 Å². The standard InChI is InChI=1S/C21H22ClN3O4/c1-14-20(15(2)25(23-14)11-16-7-4-5-9-18(16)22)21(27)29-13-19(26)24(3)12-17-8-6-10-28-17/h4-10H,11-13H2,1-3H3. The molecule has 152 valence electrons. The zero-order valence-electron chi connectivity index (χ0n) is 16.5. The van der Waals surface area contributed by atoms with Gasteiger partial charge in [0.05, 0.1) is 30.7 Å². The number of benzene rings is 1. The third kappa shape index (κ3) is 4.86. The van der Waals surface area contributed by atoms with Crippen LogP contribution in [0.5, 0.6) is 0 Å². The lowest BCUT2D eigenvalue weighted by Crippen LogP contribution is -2.30. The van der Waals surface area contributed by atoms with Crippen molar-refractivity contribution >= 4 is 23.5 Å². The smallest absolute Gasteiger partial charge is 0.342 e. The Balaban J connectivity index is 1.64. The highest BCUT2D eigenvalue weighted by Gasteiger charge is 2.22. The fourth-order valence-electron chi connectivity index (χ4n) is 2.97. The highest BCUT2D eigenvalue weighted by atomic mass is 35.5. The molecule has 0 aliphatic rings. The predicted molar refractivity (Wildman–Crippen MR) is 108 cm³/mol. The molecule has 0 aliphatic carbocycles. The maximum atomic E-state index is 12.6. The first kappa shape index (κ1) is 20.7. The molecule has 7 nitrogen and oxygen atoms in total. The van der Waals surface area contributed by atoms with Crippen LogP contribution in [0.2, 0.25) is 5.02 Å². The maximum absolute atomic E-state index is 12.6. The third-order valence-electron chi connectivity index (χ3n) is 4.59. The number of furan rings is 1. The molecule has 2 aromatic heterocycles. The van der Waals surface area contributed by atoms with Gasteiger partial charge in [0.15, 0.2) is 6.61 Å². The fourth-order valence-corrected chi connectivity index (χ4v) is 3.16. The van der Waals surface area contributed by atoms with Gasteiger partial charge in [0, 0.05) is 12.1 Å². The lowest BCUT2D eigenvalue weighted by atomic mass is 10.2. The average Bonchev–Trinajstić information content (AvgIpc) is 3.29. The van der Waals surface area contributed by atoms with E-state index in [0.717, 1.165) is 5.56 Å². The van der Waals surface area contributed by atoms with Gasteiger partial charge in [-0.3, -0.25) is 9.48 Å². The van der Waals surface area contributed by atoms with Gasteiger partial charge in [-0.2, -0.15) is 5.10 Å². The normalized spacial score (nSPS) is 10.8. The van der Waals surface area contributed by atoms with Crippen molar-refractivity contribution in [3.63, 3.8) is 0 Å². The van der Waals surface area contributed by atoms with E-state index in [1.54, 1.807) is 44.0 Å². The molecule has 0 atom stereocenters. The van der Waals surface area contributed by atoms with E-state index in [1.165, 1.54) is 4.90 Å². The van der Waals surface area contributed by atoms with Crippen LogP contribution < -0.4 is 0 Å². The Morgan fingerprint density at radius 3 is 2.66 bits per heavy atom. The molecule has 0 saturated heterocycles. The molecule has 3 rings (SSSR count). The van der Waals surface area contributed by atoms with Crippen molar-refractivity contribution < 1.29 is 18.7 Å². The number of ether oxygens (including phenoxy) is 1. The number of rotatable bonds is 7. The van der Waals surface area contributed by atoms with Crippen molar-refractivity contribution in [1.29, 1.82) is 0 Å². The fraction of sp³-hybridized carbons (Fsp3) is 0.286. The Bertz CT molecular complexity index is 1010. The Labute approximate surface area is 173 Å². The molecule has 1 amide bonds. The summed E-state index contributed by atoms with van der Waals surface area (Å²) >= 11 is 6.22. The summed E-state index contributed by atoms with van der Waals surface area (Å²) in [6.07, 6.45) is 1.54. The molecule has 1 aromatic carbocycles. The van der Waals surface area contributed by atoms with Gasteiger partial charge in [0.2, 0.25) is 0 Å². The van der Waals surface area contributed by atoms with Crippen LogP contribution in [0.25, 0.3) is 0 Å². The number of carbonyl (C=O) groups is 2. The number of esters is 1. The van der Waals surface area contributed by atoms with Crippen LogP contribution in [0, 0.1) is 13.8 Å². The first-order valence-electron chi connectivity index (χ1n) is 9.07. The minimum atomic E-state index is -0.579. The number of amides is 1. The van der Waals surface area contributed by atoms with E-state index in [-0.39, 0.29) is 12.5 Å². The zero-order valence-corrected chi connectivity index (χ0v) is 17.3. The molecule has 0 fully saturated rings. The predicted octanol–water partition coefficient (Wildman–Crippen LogP) is 3.61. The second-order valence-electron chi connectivity index (χ2n) is 6.70. The van der Waals surface area contributed by atoms with Gasteiger partial charge in [-0.05, 0) is 37.6 Å². The van der Waals surface area contributed by atoms with Gasteiger partial charge in [-0.25, -0.2) is 4.79 Å². The quantitative estimate of drug-likeness (QED) is 0.551. The van der Waals surface area contributed by atoms with Crippen LogP contribution >= 0.6 is 11.6 Å². The number of likely N-dealkylation sites (N-methyl/N-ethyl adjacent to an activating group) is 1. The molecule has 29 heavy (non-hydrogen) atoms. The van der Waals surface area contributed by atoms with E-state index >= 15 is 0 Å². The van der Waals surface area contributed by atoms with Crippen molar-refractivity contribution in [2.24, 2.45) is 0 Å². The summed E-state index contributed by atoms with van der Waals surface area (Å²) in [6.45, 7) is 3.90. The Hall–Kier alpha value is -3.06. The monoisotopic (exact) mass is 415 g/mol. The van der Waals surface area contributed by atoms with Gasteiger partial charge in [0.25, 0.3) is 5.91 Å². The summed E-state index contributed by atoms with van der Waals surface area (Å²) in [5.41, 5.74) is 2.45. The number of aromatic nitrogens is 2. The minimum Gasteiger partial charge on any atom is -0.467 e. The average molecular weight is 416 g/mol. The zero-order chi connectivity index (χ0) is 21.0. The third-order valence-corrected chi connectivity index (χ3v) is 4.96. The van der Waals surface area contributed by atoms with Crippen molar-refractivity contribution in [2.45, 2.75) is 26.9 Å². The van der Waals surface area contributed by atoms with Crippen LogP contribution in [0.3, 0.4) is 0 Å². The van der Waals surface area contributed by atoms with Gasteiger partial charge in [0.1, 0.15) is 11.3 Å². The molecule has 0 saturated carbocycles. The van der Waals surface area contributed by atoms with Crippen molar-refractivity contribution in [1.82, 2.24) is 14.7 Å². The summed E-state index contributed by atoms with van der Waals surface area (Å²) in [4.78, 5) is 26.2. The van der Waals surface area contributed by atoms with E-state index in [9.17, 15) is 9.59 Å². The van der Waals surface area contributed by atoms with Gasteiger partial charge < -0.3 is 14.1 Å². The number of aryl methyl sites for hydroxylation is 1. The van der Waals surface area contributed by atoms with Crippen LogP contribution in [0.15, 0.2) is 47.1 Å². The molecular weight excluding hydrogens is 394 g/mol. The first-order chi connectivity index (χ1) is 13.9. The van der Waals surface area contributed by atoms with Crippen LogP contribution in [0.1, 0.15) is 33.1 Å². The summed E-state index contributed by atoms with van der Waals surface area (Å²) in [5.74, 6) is -0.251. The van der Waals surface area contributed by atoms with Crippen LogP contribution in [-0.2, 0) is 22.6 Å². The second-order valence-corrected chi connectivity index (χ2v) is 7.11. The molecule has 0 bridgehead atoms. The molecule has 0 unspecified atom stereocenters. The van der Waals surface area contributed by atoms with Crippen LogP contribution in [0.4, 0.5) is 0 Å². The lowest BCUT2D eigenvalue weighted by molar-refractivity contribution is -0.134. The molecule has 0 radical (unpaired) electrons. The topological polar surface area (TPSA) is 77.6 Å². The molecule has 8 heteroatoms. The number of hydrogen-bond acceptors (Lipinski definition) is 5. The van der Waals surface area contributed by atoms with Gasteiger partial charge in [-0.1, -0.05) is 29.8 Å². The number of nitrogens with zero attached hydrogens (tertiary/aromatic N) is 3. The first-order valence-corrected chi connectivity index (χ1v) is 9.45. The number of carbonyl (C=O) groups excluding carboxylic acids is 2. The lowest BCUT2D eigenvalue weighted by Gasteiger charge is -2.15. The number of halogens is 1. The molecular formula is C21H22ClN3O4. The minimum absolute atomic E-state index is 0.303. The SMILES string of the molecule is Cc1nn(Cc2ccccc2Cl)c(C)c1C(=O)OCC(=O)N(C)Cc1ccco1. The summed E-state index contributed by atoms with van der Waals surface area (Å²) < 4.78 is 12.2. The van der Waals surface area contributed by atoms with Gasteiger partial charge in [-0.15, -0.1) is 0 Å². The molecule has 3 aromatic rings. The van der Waals surface area contributed by atoms with Crippen molar-refractivity contribution in [2.75, 3.05) is 13.7 Å². The van der Waals surface area contributed by atoms with E-state index in [2.05, 4.69) is 5.10 Å². The van der Waals surface area contributed by atoms with E-state index < -0.39 is 5.97 Å². The molecule has 0 N–H and O–H groups in total. The Morgan fingerprint density at radius 2 is 1.97 bits per heavy atom. The van der Waals surface area contributed by atoms with E-state index in [1.807, 2.05) is 24.3 Å². The van der Waals surface area contributed by atoms with Gasteiger partial charge >= 0.3 is 5.97 Å². The molecule has 0 aliphatic heterocycles. The number of hydrogen-bond donors (Lipinski definition) is 0. The highest BCUT2D eigenvalue weighted by Crippen LogP contribution is 2.20. The van der Waals surface area contributed by atoms with E-state index in [0.29, 0.717) is 40.8 Å². The molecule has 2 heterocycles. The summed E-state index contributed by atoms with van der Waals surface area (Å²) in [6, 6.07) is 11.0. The second kappa shape index (κ2) is 8.96. The maximum Gasteiger partial charge on any atom is 0.342 e. The Morgan fingerprint density at radius 1 is 1.21 bits per heavy atom. The Kier molecular flexibility index (Phi) is 6.39.